The molecule has 0 aliphatic carbocycles. The lowest BCUT2D eigenvalue weighted by molar-refractivity contribution is 0.883. The van der Waals surface area contributed by atoms with E-state index in [-0.39, 0.29) is 6.04 Å². The Morgan fingerprint density at radius 3 is 2.53 bits per heavy atom. The van der Waals surface area contributed by atoms with Crippen LogP contribution >= 0.6 is 34.2 Å². The molecule has 2 aromatic rings. The van der Waals surface area contributed by atoms with Gasteiger partial charge >= 0.3 is 0 Å². The average molecular weight is 383 g/mol. The van der Waals surface area contributed by atoms with Crippen molar-refractivity contribution >= 4 is 39.9 Å². The second-order valence-corrected chi connectivity index (χ2v) is 5.90. The summed E-state index contributed by atoms with van der Waals surface area (Å²) in [5.74, 6) is 0. The molecule has 4 heteroatoms. The van der Waals surface area contributed by atoms with E-state index in [0.717, 1.165) is 5.69 Å². The lowest BCUT2D eigenvalue weighted by Gasteiger charge is -2.17. The topological polar surface area (TPSA) is 35.8 Å². The number of nitriles is 1. The molecule has 1 atom stereocenters. The molecule has 2 rings (SSSR count). The summed E-state index contributed by atoms with van der Waals surface area (Å²) in [4.78, 5) is 0. The van der Waals surface area contributed by atoms with Gasteiger partial charge in [-0.1, -0.05) is 23.7 Å². The van der Waals surface area contributed by atoms with E-state index < -0.39 is 0 Å². The minimum atomic E-state index is 0.113. The molecule has 1 N–H and O–H groups in total. The zero-order valence-corrected chi connectivity index (χ0v) is 13.2. The molecule has 0 spiro atoms. The number of rotatable bonds is 3. The highest BCUT2D eigenvalue weighted by atomic mass is 127. The van der Waals surface area contributed by atoms with Gasteiger partial charge in [-0.15, -0.1) is 0 Å². The van der Waals surface area contributed by atoms with Crippen molar-refractivity contribution in [3.8, 4) is 6.07 Å². The molecular weight excluding hydrogens is 371 g/mol. The fourth-order valence-electron chi connectivity index (χ4n) is 1.80. The zero-order valence-electron chi connectivity index (χ0n) is 10.3. The molecule has 0 bridgehead atoms. The molecule has 0 saturated carbocycles. The molecule has 0 saturated heterocycles. The number of anilines is 1. The molecule has 0 heterocycles. The molecule has 0 aliphatic heterocycles. The van der Waals surface area contributed by atoms with Crippen LogP contribution in [-0.4, -0.2) is 0 Å². The summed E-state index contributed by atoms with van der Waals surface area (Å²) in [5.41, 5.74) is 2.53. The minimum absolute atomic E-state index is 0.113. The highest BCUT2D eigenvalue weighted by Crippen LogP contribution is 2.25. The summed E-state index contributed by atoms with van der Waals surface area (Å²) < 4.78 is 1.20. The van der Waals surface area contributed by atoms with Gasteiger partial charge in [0.2, 0.25) is 0 Å². The van der Waals surface area contributed by atoms with Crippen molar-refractivity contribution in [2.24, 2.45) is 0 Å². The van der Waals surface area contributed by atoms with E-state index in [0.29, 0.717) is 10.6 Å². The molecule has 2 aromatic carbocycles. The van der Waals surface area contributed by atoms with E-state index >= 15 is 0 Å². The Labute approximate surface area is 131 Å². The van der Waals surface area contributed by atoms with E-state index in [1.807, 2.05) is 0 Å². The molecule has 1 unspecified atom stereocenters. The van der Waals surface area contributed by atoms with Crippen LogP contribution in [0.15, 0.2) is 42.5 Å². The second-order valence-electron chi connectivity index (χ2n) is 4.22. The first-order valence-corrected chi connectivity index (χ1v) is 7.27. The van der Waals surface area contributed by atoms with E-state index in [9.17, 15) is 0 Å². The Kier molecular flexibility index (Phi) is 4.67. The predicted octanol–water partition coefficient (Wildman–Crippen LogP) is 4.99. The average Bonchev–Trinajstić information content (AvgIpc) is 2.39. The summed E-state index contributed by atoms with van der Waals surface area (Å²) in [5, 5.41) is 13.0. The maximum absolute atomic E-state index is 9.10. The predicted molar refractivity (Wildman–Crippen MR) is 87.4 cm³/mol. The van der Waals surface area contributed by atoms with Gasteiger partial charge in [0, 0.05) is 14.6 Å². The van der Waals surface area contributed by atoms with Crippen LogP contribution in [0.25, 0.3) is 0 Å². The van der Waals surface area contributed by atoms with E-state index in [2.05, 4.69) is 65.2 Å². The lowest BCUT2D eigenvalue weighted by Crippen LogP contribution is -2.07. The quantitative estimate of drug-likeness (QED) is 0.759. The van der Waals surface area contributed by atoms with Gasteiger partial charge in [0.25, 0.3) is 0 Å². The first kappa shape index (κ1) is 14.2. The van der Waals surface area contributed by atoms with E-state index in [1.165, 1.54) is 9.13 Å². The molecule has 0 radical (unpaired) electrons. The standard InChI is InChI=1S/C15H12ClIN2/c1-10(11-3-6-14(17)7-4-11)19-15-8-13(16)5-2-12(15)9-18/h2-8,10,19H,1H3. The molecule has 19 heavy (non-hydrogen) atoms. The van der Waals surface area contributed by atoms with Crippen LogP contribution in [0.1, 0.15) is 24.1 Å². The smallest absolute Gasteiger partial charge is 0.101 e. The Morgan fingerprint density at radius 1 is 1.21 bits per heavy atom. The fourth-order valence-corrected chi connectivity index (χ4v) is 2.33. The molecule has 0 aromatic heterocycles. The summed E-state index contributed by atoms with van der Waals surface area (Å²) in [6.45, 7) is 2.06. The van der Waals surface area contributed by atoms with Gasteiger partial charge in [-0.2, -0.15) is 5.26 Å². The van der Waals surface area contributed by atoms with Crippen LogP contribution in [0.5, 0.6) is 0 Å². The molecule has 2 nitrogen and oxygen atoms in total. The van der Waals surface area contributed by atoms with Gasteiger partial charge < -0.3 is 5.32 Å². The normalized spacial score (nSPS) is 11.7. The summed E-state index contributed by atoms with van der Waals surface area (Å²) >= 11 is 8.25. The van der Waals surface area contributed by atoms with Gasteiger partial charge in [-0.05, 0) is 65.4 Å². The Hall–Kier alpha value is -1.25. The van der Waals surface area contributed by atoms with Gasteiger partial charge in [-0.25, -0.2) is 0 Å². The van der Waals surface area contributed by atoms with Crippen molar-refractivity contribution in [2.45, 2.75) is 13.0 Å². The van der Waals surface area contributed by atoms with Crippen molar-refractivity contribution < 1.29 is 0 Å². The van der Waals surface area contributed by atoms with Crippen molar-refractivity contribution in [2.75, 3.05) is 5.32 Å². The number of halogens is 2. The van der Waals surface area contributed by atoms with Crippen molar-refractivity contribution in [1.29, 1.82) is 5.26 Å². The van der Waals surface area contributed by atoms with Crippen LogP contribution in [0.4, 0.5) is 5.69 Å². The third-order valence-electron chi connectivity index (χ3n) is 2.84. The molecule has 96 valence electrons. The van der Waals surface area contributed by atoms with E-state index in [4.69, 9.17) is 16.9 Å². The zero-order chi connectivity index (χ0) is 13.8. The van der Waals surface area contributed by atoms with Crippen LogP contribution in [0.3, 0.4) is 0 Å². The number of nitrogens with one attached hydrogen (secondary N) is 1. The third kappa shape index (κ3) is 3.62. The number of hydrogen-bond donors (Lipinski definition) is 1. The highest BCUT2D eigenvalue weighted by Gasteiger charge is 2.09. The Morgan fingerprint density at radius 2 is 1.89 bits per heavy atom. The van der Waals surface area contributed by atoms with Crippen LogP contribution < -0.4 is 5.32 Å². The van der Waals surface area contributed by atoms with Gasteiger partial charge in [0.05, 0.1) is 11.3 Å². The van der Waals surface area contributed by atoms with Gasteiger partial charge in [-0.3, -0.25) is 0 Å². The van der Waals surface area contributed by atoms with Gasteiger partial charge in [0.15, 0.2) is 0 Å². The Bertz CT molecular complexity index is 617. The molecular formula is C15H12ClIN2. The number of hydrogen-bond acceptors (Lipinski definition) is 2. The first-order valence-electron chi connectivity index (χ1n) is 5.82. The van der Waals surface area contributed by atoms with Crippen molar-refractivity contribution in [3.05, 3.63) is 62.2 Å². The lowest BCUT2D eigenvalue weighted by atomic mass is 10.1. The summed E-state index contributed by atoms with van der Waals surface area (Å²) in [6.07, 6.45) is 0. The fraction of sp³-hybridized carbons (Fsp3) is 0.133. The monoisotopic (exact) mass is 382 g/mol. The minimum Gasteiger partial charge on any atom is -0.377 e. The van der Waals surface area contributed by atoms with Crippen molar-refractivity contribution in [1.82, 2.24) is 0 Å². The maximum Gasteiger partial charge on any atom is 0.101 e. The van der Waals surface area contributed by atoms with Gasteiger partial charge in [0.1, 0.15) is 6.07 Å². The summed E-state index contributed by atoms with van der Waals surface area (Å²) in [6, 6.07) is 15.8. The third-order valence-corrected chi connectivity index (χ3v) is 3.80. The van der Waals surface area contributed by atoms with Crippen LogP contribution in [0, 0.1) is 14.9 Å². The second kappa shape index (κ2) is 6.27. The van der Waals surface area contributed by atoms with Crippen molar-refractivity contribution in [3.63, 3.8) is 0 Å². The van der Waals surface area contributed by atoms with Crippen LogP contribution in [-0.2, 0) is 0 Å². The Balaban J connectivity index is 2.23. The SMILES string of the molecule is CC(Nc1cc(Cl)ccc1C#N)c1ccc(I)cc1. The molecule has 0 fully saturated rings. The highest BCUT2D eigenvalue weighted by molar-refractivity contribution is 14.1. The van der Waals surface area contributed by atoms with Crippen LogP contribution in [0.2, 0.25) is 5.02 Å². The molecule has 0 aliphatic rings. The number of benzene rings is 2. The number of nitrogens with zero attached hydrogens (tertiary/aromatic N) is 1. The summed E-state index contributed by atoms with van der Waals surface area (Å²) in [7, 11) is 0. The van der Waals surface area contributed by atoms with E-state index in [1.54, 1.807) is 18.2 Å². The first-order chi connectivity index (χ1) is 9.10. The maximum atomic E-state index is 9.10. The molecule has 0 amide bonds. The largest absolute Gasteiger partial charge is 0.377 e.